The van der Waals surface area contributed by atoms with Gasteiger partial charge in [0, 0.05) is 12.6 Å². The third kappa shape index (κ3) is 2.29. The van der Waals surface area contributed by atoms with Crippen LogP contribution in [-0.2, 0) is 6.54 Å². The van der Waals surface area contributed by atoms with Crippen LogP contribution in [0.1, 0.15) is 18.6 Å². The summed E-state index contributed by atoms with van der Waals surface area (Å²) in [5, 5.41) is 13.1. The predicted octanol–water partition coefficient (Wildman–Crippen LogP) is 0.631. The second-order valence-electron chi connectivity index (χ2n) is 3.51. The summed E-state index contributed by atoms with van der Waals surface area (Å²) < 4.78 is 5.00. The van der Waals surface area contributed by atoms with E-state index in [1.54, 1.807) is 6.20 Å². The van der Waals surface area contributed by atoms with Crippen molar-refractivity contribution in [3.63, 3.8) is 0 Å². The smallest absolute Gasteiger partial charge is 0.150 e. The van der Waals surface area contributed by atoms with Crippen molar-refractivity contribution in [2.45, 2.75) is 25.5 Å². The van der Waals surface area contributed by atoms with Crippen LogP contribution in [0.3, 0.4) is 0 Å². The molecule has 2 rings (SSSR count). The lowest BCUT2D eigenvalue weighted by atomic mass is 10.1. The molecule has 0 radical (unpaired) electrons. The van der Waals surface area contributed by atoms with Crippen molar-refractivity contribution in [2.75, 3.05) is 13.1 Å². The Kier molecular flexibility index (Phi) is 2.61. The molecule has 4 heteroatoms. The third-order valence-electron chi connectivity index (χ3n) is 2.35. The molecule has 0 spiro atoms. The van der Waals surface area contributed by atoms with Gasteiger partial charge in [-0.15, -0.1) is 0 Å². The summed E-state index contributed by atoms with van der Waals surface area (Å²) in [6.07, 6.45) is 3.47. The van der Waals surface area contributed by atoms with Gasteiger partial charge in [0.15, 0.2) is 5.76 Å². The molecule has 4 nitrogen and oxygen atoms in total. The van der Waals surface area contributed by atoms with E-state index in [2.05, 4.69) is 10.1 Å². The molecule has 0 aromatic carbocycles. The lowest BCUT2D eigenvalue weighted by Gasteiger charge is -2.28. The van der Waals surface area contributed by atoms with Gasteiger partial charge in [0.05, 0.1) is 18.8 Å². The minimum Gasteiger partial charge on any atom is -0.392 e. The molecule has 1 aromatic heterocycles. The van der Waals surface area contributed by atoms with E-state index in [0.717, 1.165) is 38.2 Å². The number of β-amino-alcohol motifs (C(OH)–C–C–N with tert-alkyl or cyclic N) is 1. The first-order valence-corrected chi connectivity index (χ1v) is 4.64. The van der Waals surface area contributed by atoms with Crippen LogP contribution in [0.4, 0.5) is 0 Å². The van der Waals surface area contributed by atoms with E-state index in [4.69, 9.17) is 4.52 Å². The van der Waals surface area contributed by atoms with Crippen LogP contribution < -0.4 is 0 Å². The van der Waals surface area contributed by atoms with E-state index in [9.17, 15) is 5.11 Å². The van der Waals surface area contributed by atoms with Gasteiger partial charge < -0.3 is 9.63 Å². The number of piperidine rings is 1. The first kappa shape index (κ1) is 8.72. The minimum absolute atomic E-state index is 0.170. The van der Waals surface area contributed by atoms with E-state index in [1.807, 2.05) is 6.07 Å². The molecule has 72 valence electrons. The monoisotopic (exact) mass is 182 g/mol. The molecule has 0 bridgehead atoms. The molecule has 1 N–H and O–H groups in total. The molecular weight excluding hydrogens is 168 g/mol. The maximum absolute atomic E-state index is 9.42. The van der Waals surface area contributed by atoms with Gasteiger partial charge in [0.25, 0.3) is 0 Å². The lowest BCUT2D eigenvalue weighted by Crippen LogP contribution is -2.37. The Bertz CT molecular complexity index is 248. The molecule has 0 aliphatic carbocycles. The molecular formula is C9H14N2O2. The summed E-state index contributed by atoms with van der Waals surface area (Å²) in [4.78, 5) is 2.19. The molecule has 2 heterocycles. The number of hydrogen-bond donors (Lipinski definition) is 1. The van der Waals surface area contributed by atoms with Crippen molar-refractivity contribution in [3.8, 4) is 0 Å². The summed E-state index contributed by atoms with van der Waals surface area (Å²) in [6, 6.07) is 1.86. The number of aliphatic hydroxyl groups is 1. The number of rotatable bonds is 2. The van der Waals surface area contributed by atoms with Crippen molar-refractivity contribution in [1.29, 1.82) is 0 Å². The Hall–Kier alpha value is -0.870. The van der Waals surface area contributed by atoms with Gasteiger partial charge in [0.2, 0.25) is 0 Å². The molecule has 1 unspecified atom stereocenters. The van der Waals surface area contributed by atoms with Gasteiger partial charge in [-0.2, -0.15) is 0 Å². The standard InChI is InChI=1S/C9H14N2O2/c12-8-2-1-5-11(6-8)7-9-3-4-10-13-9/h3-4,8,12H,1-2,5-7H2. The topological polar surface area (TPSA) is 49.5 Å². The maximum atomic E-state index is 9.42. The maximum Gasteiger partial charge on any atom is 0.150 e. The molecule has 1 aliphatic rings. The first-order valence-electron chi connectivity index (χ1n) is 4.64. The highest BCUT2D eigenvalue weighted by molar-refractivity contribution is 4.93. The molecule has 1 aliphatic heterocycles. The number of nitrogens with zero attached hydrogens (tertiary/aromatic N) is 2. The Labute approximate surface area is 77.1 Å². The van der Waals surface area contributed by atoms with E-state index in [1.165, 1.54) is 0 Å². The Balaban J connectivity index is 1.87. The van der Waals surface area contributed by atoms with Crippen molar-refractivity contribution in [3.05, 3.63) is 18.0 Å². The second kappa shape index (κ2) is 3.89. The fourth-order valence-corrected chi connectivity index (χ4v) is 1.72. The van der Waals surface area contributed by atoms with Crippen LogP contribution in [0.2, 0.25) is 0 Å². The third-order valence-corrected chi connectivity index (χ3v) is 2.35. The molecule has 0 saturated carbocycles. The molecule has 1 fully saturated rings. The average Bonchev–Trinajstić information content (AvgIpc) is 2.57. The summed E-state index contributed by atoms with van der Waals surface area (Å²) in [5.41, 5.74) is 0. The van der Waals surface area contributed by atoms with Crippen LogP contribution >= 0.6 is 0 Å². The Morgan fingerprint density at radius 2 is 2.62 bits per heavy atom. The van der Waals surface area contributed by atoms with Crippen molar-refractivity contribution in [1.82, 2.24) is 10.1 Å². The fourth-order valence-electron chi connectivity index (χ4n) is 1.72. The van der Waals surface area contributed by atoms with E-state index >= 15 is 0 Å². The quantitative estimate of drug-likeness (QED) is 0.729. The summed E-state index contributed by atoms with van der Waals surface area (Å²) >= 11 is 0. The molecule has 0 amide bonds. The zero-order valence-corrected chi connectivity index (χ0v) is 7.52. The molecule has 1 saturated heterocycles. The second-order valence-corrected chi connectivity index (χ2v) is 3.51. The fraction of sp³-hybridized carbons (Fsp3) is 0.667. The highest BCUT2D eigenvalue weighted by atomic mass is 16.5. The van der Waals surface area contributed by atoms with Crippen LogP contribution in [0.5, 0.6) is 0 Å². The van der Waals surface area contributed by atoms with E-state index in [-0.39, 0.29) is 6.10 Å². The van der Waals surface area contributed by atoms with Gasteiger partial charge in [-0.3, -0.25) is 4.90 Å². The van der Waals surface area contributed by atoms with Gasteiger partial charge in [-0.25, -0.2) is 0 Å². The SMILES string of the molecule is OC1CCCN(Cc2ccno2)C1. The molecule has 13 heavy (non-hydrogen) atoms. The van der Waals surface area contributed by atoms with Crippen molar-refractivity contribution < 1.29 is 9.63 Å². The highest BCUT2D eigenvalue weighted by Crippen LogP contribution is 2.12. The van der Waals surface area contributed by atoms with E-state index in [0.29, 0.717) is 0 Å². The predicted molar refractivity (Wildman–Crippen MR) is 47.0 cm³/mol. The number of aliphatic hydroxyl groups excluding tert-OH is 1. The van der Waals surface area contributed by atoms with Gasteiger partial charge in [-0.05, 0) is 19.4 Å². The molecule has 1 aromatic rings. The van der Waals surface area contributed by atoms with Crippen LogP contribution in [-0.4, -0.2) is 34.4 Å². The highest BCUT2D eigenvalue weighted by Gasteiger charge is 2.18. The van der Waals surface area contributed by atoms with Crippen molar-refractivity contribution >= 4 is 0 Å². The zero-order valence-electron chi connectivity index (χ0n) is 7.52. The van der Waals surface area contributed by atoms with Crippen molar-refractivity contribution in [2.24, 2.45) is 0 Å². The number of likely N-dealkylation sites (tertiary alicyclic amines) is 1. The number of aromatic nitrogens is 1. The van der Waals surface area contributed by atoms with Crippen LogP contribution in [0.15, 0.2) is 16.8 Å². The number of hydrogen-bond acceptors (Lipinski definition) is 4. The van der Waals surface area contributed by atoms with Gasteiger partial charge >= 0.3 is 0 Å². The Morgan fingerprint density at radius 1 is 1.69 bits per heavy atom. The summed E-state index contributed by atoms with van der Waals surface area (Å²) in [5.74, 6) is 0.870. The van der Waals surface area contributed by atoms with Gasteiger partial charge in [-0.1, -0.05) is 5.16 Å². The van der Waals surface area contributed by atoms with Gasteiger partial charge in [0.1, 0.15) is 0 Å². The largest absolute Gasteiger partial charge is 0.392 e. The lowest BCUT2D eigenvalue weighted by molar-refractivity contribution is 0.0622. The Morgan fingerprint density at radius 3 is 3.31 bits per heavy atom. The summed E-state index contributed by atoms with van der Waals surface area (Å²) in [7, 11) is 0. The van der Waals surface area contributed by atoms with Crippen LogP contribution in [0, 0.1) is 0 Å². The minimum atomic E-state index is -0.170. The molecule has 1 atom stereocenters. The normalized spacial score (nSPS) is 24.8. The zero-order chi connectivity index (χ0) is 9.10. The van der Waals surface area contributed by atoms with E-state index < -0.39 is 0 Å². The summed E-state index contributed by atoms with van der Waals surface area (Å²) in [6.45, 7) is 2.55. The van der Waals surface area contributed by atoms with Crippen LogP contribution in [0.25, 0.3) is 0 Å². The first-order chi connectivity index (χ1) is 6.34. The average molecular weight is 182 g/mol.